The molecule has 0 aliphatic carbocycles. The minimum absolute atomic E-state index is 0.0685. The summed E-state index contributed by atoms with van der Waals surface area (Å²) in [5.74, 6) is 0.304. The minimum Gasteiger partial charge on any atom is -0.495 e. The van der Waals surface area contributed by atoms with E-state index < -0.39 is 10.0 Å². The van der Waals surface area contributed by atoms with Gasteiger partial charge in [-0.2, -0.15) is 0 Å². The van der Waals surface area contributed by atoms with Crippen molar-refractivity contribution in [3.05, 3.63) is 34.8 Å². The molecule has 0 spiro atoms. The number of thiazole rings is 1. The van der Waals surface area contributed by atoms with Gasteiger partial charge in [0.1, 0.15) is 5.75 Å². The molecule has 0 saturated carbocycles. The Labute approximate surface area is 113 Å². The Bertz CT molecular complexity index is 641. The number of nitrogens with one attached hydrogen (secondary N) is 1. The summed E-state index contributed by atoms with van der Waals surface area (Å²) >= 11 is 7.04. The Morgan fingerprint density at radius 2 is 2.22 bits per heavy atom. The molecule has 2 aromatic rings. The van der Waals surface area contributed by atoms with E-state index in [-0.39, 0.29) is 4.90 Å². The maximum absolute atomic E-state index is 12.0. The van der Waals surface area contributed by atoms with Crippen molar-refractivity contribution in [3.8, 4) is 5.75 Å². The highest BCUT2D eigenvalue weighted by Gasteiger charge is 2.17. The van der Waals surface area contributed by atoms with Crippen LogP contribution in [0.25, 0.3) is 0 Å². The first-order chi connectivity index (χ1) is 8.53. The molecule has 8 heteroatoms. The van der Waals surface area contributed by atoms with Crippen LogP contribution in [0.5, 0.6) is 5.75 Å². The molecule has 0 bridgehead atoms. The first-order valence-electron chi connectivity index (χ1n) is 4.79. The Balaban J connectivity index is 2.35. The lowest BCUT2D eigenvalue weighted by Crippen LogP contribution is -2.12. The normalized spacial score (nSPS) is 11.2. The van der Waals surface area contributed by atoms with Gasteiger partial charge in [0.2, 0.25) is 0 Å². The van der Waals surface area contributed by atoms with E-state index in [2.05, 4.69) is 9.71 Å². The number of rotatable bonds is 4. The highest BCUT2D eigenvalue weighted by Crippen LogP contribution is 2.28. The summed E-state index contributed by atoms with van der Waals surface area (Å²) in [6.45, 7) is 0. The molecule has 0 unspecified atom stereocenters. The third-order valence-corrected chi connectivity index (χ3v) is 4.55. The van der Waals surface area contributed by atoms with E-state index in [9.17, 15) is 8.42 Å². The fourth-order valence-electron chi connectivity index (χ4n) is 1.25. The van der Waals surface area contributed by atoms with Crippen LogP contribution in [-0.4, -0.2) is 20.5 Å². The third-order valence-electron chi connectivity index (χ3n) is 2.09. The van der Waals surface area contributed by atoms with E-state index in [1.54, 1.807) is 5.38 Å². The molecule has 0 atom stereocenters. The second kappa shape index (κ2) is 5.13. The highest BCUT2D eigenvalue weighted by atomic mass is 35.5. The van der Waals surface area contributed by atoms with Crippen LogP contribution < -0.4 is 9.46 Å². The number of halogens is 1. The molecule has 0 aliphatic heterocycles. The summed E-state index contributed by atoms with van der Waals surface area (Å²) < 4.78 is 31.4. The largest absolute Gasteiger partial charge is 0.495 e. The van der Waals surface area contributed by atoms with Crippen LogP contribution in [-0.2, 0) is 10.0 Å². The number of methoxy groups -OCH3 is 1. The zero-order valence-corrected chi connectivity index (χ0v) is 11.6. The molecule has 0 aliphatic rings. The van der Waals surface area contributed by atoms with Gasteiger partial charge in [-0.3, -0.25) is 4.72 Å². The fourth-order valence-corrected chi connectivity index (χ4v) is 3.25. The van der Waals surface area contributed by atoms with Gasteiger partial charge in [0, 0.05) is 17.6 Å². The minimum atomic E-state index is -3.67. The predicted molar refractivity (Wildman–Crippen MR) is 70.9 cm³/mol. The number of aromatic nitrogens is 1. The van der Waals surface area contributed by atoms with Gasteiger partial charge < -0.3 is 4.74 Å². The maximum Gasteiger partial charge on any atom is 0.263 e. The summed E-state index contributed by atoms with van der Waals surface area (Å²) in [7, 11) is -2.25. The van der Waals surface area contributed by atoms with E-state index in [4.69, 9.17) is 16.3 Å². The zero-order valence-electron chi connectivity index (χ0n) is 9.25. The van der Waals surface area contributed by atoms with Crippen molar-refractivity contribution in [2.24, 2.45) is 0 Å². The van der Waals surface area contributed by atoms with Gasteiger partial charge in [0.15, 0.2) is 5.13 Å². The molecule has 0 fully saturated rings. The summed E-state index contributed by atoms with van der Waals surface area (Å²) in [6.07, 6.45) is 1.52. The lowest BCUT2D eigenvalue weighted by Gasteiger charge is -2.08. The summed E-state index contributed by atoms with van der Waals surface area (Å²) in [5, 5.41) is 2.34. The predicted octanol–water partition coefficient (Wildman–Crippen LogP) is 2.61. The average Bonchev–Trinajstić information content (AvgIpc) is 2.81. The smallest absolute Gasteiger partial charge is 0.263 e. The number of sulfonamides is 1. The number of hydrogen-bond donors (Lipinski definition) is 1. The highest BCUT2D eigenvalue weighted by molar-refractivity contribution is 7.93. The molecule has 18 heavy (non-hydrogen) atoms. The lowest BCUT2D eigenvalue weighted by molar-refractivity contribution is 0.413. The van der Waals surface area contributed by atoms with Gasteiger partial charge in [0.25, 0.3) is 10.0 Å². The van der Waals surface area contributed by atoms with Crippen LogP contribution >= 0.6 is 22.9 Å². The number of benzene rings is 1. The van der Waals surface area contributed by atoms with Gasteiger partial charge in [-0.15, -0.1) is 11.3 Å². The Morgan fingerprint density at radius 1 is 1.44 bits per heavy atom. The van der Waals surface area contributed by atoms with Crippen molar-refractivity contribution >= 4 is 38.1 Å². The third kappa shape index (κ3) is 2.74. The first-order valence-corrected chi connectivity index (χ1v) is 7.53. The molecule has 1 aromatic carbocycles. The molecule has 1 N–H and O–H groups in total. The zero-order chi connectivity index (χ0) is 13.2. The molecule has 2 rings (SSSR count). The van der Waals surface area contributed by atoms with E-state index >= 15 is 0 Å². The molecular formula is C10H9ClN2O3S2. The van der Waals surface area contributed by atoms with Gasteiger partial charge >= 0.3 is 0 Å². The summed E-state index contributed by atoms with van der Waals surface area (Å²) in [6, 6.07) is 4.23. The average molecular weight is 305 g/mol. The van der Waals surface area contributed by atoms with Crippen molar-refractivity contribution in [3.63, 3.8) is 0 Å². The Hall–Kier alpha value is -1.31. The van der Waals surface area contributed by atoms with Crippen molar-refractivity contribution in [1.29, 1.82) is 0 Å². The maximum atomic E-state index is 12.0. The molecular weight excluding hydrogens is 296 g/mol. The molecule has 0 saturated heterocycles. The van der Waals surface area contributed by atoms with Crippen molar-refractivity contribution in [2.45, 2.75) is 4.90 Å². The molecule has 96 valence electrons. The first kappa shape index (κ1) is 13.1. The van der Waals surface area contributed by atoms with E-state index in [0.29, 0.717) is 15.9 Å². The fraction of sp³-hybridized carbons (Fsp3) is 0.100. The number of ether oxygens (including phenoxy) is 1. The molecule has 5 nitrogen and oxygen atoms in total. The number of anilines is 1. The van der Waals surface area contributed by atoms with Crippen LogP contribution in [0.3, 0.4) is 0 Å². The van der Waals surface area contributed by atoms with Gasteiger partial charge in [-0.25, -0.2) is 13.4 Å². The van der Waals surface area contributed by atoms with Crippen molar-refractivity contribution < 1.29 is 13.2 Å². The van der Waals surface area contributed by atoms with Gasteiger partial charge in [0.05, 0.1) is 17.0 Å². The molecule has 0 amide bonds. The van der Waals surface area contributed by atoms with Crippen molar-refractivity contribution in [2.75, 3.05) is 11.8 Å². The van der Waals surface area contributed by atoms with E-state index in [1.165, 1.54) is 42.8 Å². The van der Waals surface area contributed by atoms with Crippen LogP contribution in [0.15, 0.2) is 34.7 Å². The monoisotopic (exact) mass is 304 g/mol. The van der Waals surface area contributed by atoms with Crippen LogP contribution in [0, 0.1) is 0 Å². The second-order valence-electron chi connectivity index (χ2n) is 3.24. The van der Waals surface area contributed by atoms with Gasteiger partial charge in [-0.1, -0.05) is 11.6 Å². The molecule has 1 heterocycles. The second-order valence-corrected chi connectivity index (χ2v) is 6.22. The SMILES string of the molecule is COc1cc(S(=O)(=O)Nc2nccs2)ccc1Cl. The Kier molecular flexibility index (Phi) is 3.74. The summed E-state index contributed by atoms with van der Waals surface area (Å²) in [4.78, 5) is 3.93. The van der Waals surface area contributed by atoms with Gasteiger partial charge in [-0.05, 0) is 12.1 Å². The standard InChI is InChI=1S/C10H9ClN2O3S2/c1-16-9-6-7(2-3-8(9)11)18(14,15)13-10-12-4-5-17-10/h2-6H,1H3,(H,12,13). The summed E-state index contributed by atoms with van der Waals surface area (Å²) in [5.41, 5.74) is 0. The van der Waals surface area contributed by atoms with Crippen LogP contribution in [0.1, 0.15) is 0 Å². The Morgan fingerprint density at radius 3 is 2.83 bits per heavy atom. The lowest BCUT2D eigenvalue weighted by atomic mass is 10.3. The molecule has 1 aromatic heterocycles. The van der Waals surface area contributed by atoms with E-state index in [0.717, 1.165) is 0 Å². The van der Waals surface area contributed by atoms with Crippen LogP contribution in [0.4, 0.5) is 5.13 Å². The number of hydrogen-bond acceptors (Lipinski definition) is 5. The molecule has 0 radical (unpaired) electrons. The van der Waals surface area contributed by atoms with Crippen LogP contribution in [0.2, 0.25) is 5.02 Å². The van der Waals surface area contributed by atoms with E-state index in [1.807, 2.05) is 0 Å². The number of nitrogens with zero attached hydrogens (tertiary/aromatic N) is 1. The topological polar surface area (TPSA) is 68.3 Å². The quantitative estimate of drug-likeness (QED) is 0.942. The van der Waals surface area contributed by atoms with Crippen molar-refractivity contribution in [1.82, 2.24) is 4.98 Å².